The Hall–Kier alpha value is -2.21. The lowest BCUT2D eigenvalue weighted by Crippen LogP contribution is -2.49. The lowest BCUT2D eigenvalue weighted by atomic mass is 9.98. The summed E-state index contributed by atoms with van der Waals surface area (Å²) in [5.41, 5.74) is 1.16. The van der Waals surface area contributed by atoms with Gasteiger partial charge in [-0.3, -0.25) is 10.2 Å². The van der Waals surface area contributed by atoms with Gasteiger partial charge in [0.25, 0.3) is 6.02 Å². The third-order valence-electron chi connectivity index (χ3n) is 6.59. The number of aromatic nitrogens is 1. The van der Waals surface area contributed by atoms with E-state index in [0.717, 1.165) is 29.6 Å². The van der Waals surface area contributed by atoms with Crippen molar-refractivity contribution in [3.63, 3.8) is 0 Å². The first kappa shape index (κ1) is 14.0. The summed E-state index contributed by atoms with van der Waals surface area (Å²) in [6, 6.07) is 7.16. The Bertz CT molecular complexity index is 960. The van der Waals surface area contributed by atoms with Crippen LogP contribution < -0.4 is 5.32 Å². The number of fused-ring (bicyclic) bond motifs is 2. The maximum absolute atomic E-state index is 13.5. The summed E-state index contributed by atoms with van der Waals surface area (Å²) in [7, 11) is 0. The first-order valence-corrected chi connectivity index (χ1v) is 8.91. The van der Waals surface area contributed by atoms with Crippen molar-refractivity contribution >= 4 is 22.6 Å². The van der Waals surface area contributed by atoms with Crippen LogP contribution >= 0.6 is 0 Å². The molecule has 25 heavy (non-hydrogen) atoms. The molecule has 0 radical (unpaired) electrons. The molecule has 0 amide bonds. The number of hydrogen-bond donors (Lipinski definition) is 1. The topological polar surface area (TPSA) is 49.8 Å². The maximum Gasteiger partial charge on any atom is 0.291 e. The van der Waals surface area contributed by atoms with E-state index in [4.69, 9.17) is 4.74 Å². The SMILES string of the molecule is Cc1nc(NC2=NC[C@@]3(CN4CCC45CC53)O2)cc2cc(F)ccc12. The van der Waals surface area contributed by atoms with E-state index in [0.29, 0.717) is 23.3 Å². The Morgan fingerprint density at radius 3 is 3.00 bits per heavy atom. The number of aryl methyl sites for hydroxylation is 1. The van der Waals surface area contributed by atoms with Gasteiger partial charge in [-0.1, -0.05) is 0 Å². The first-order valence-electron chi connectivity index (χ1n) is 8.91. The predicted molar refractivity (Wildman–Crippen MR) is 93.2 cm³/mol. The van der Waals surface area contributed by atoms with Gasteiger partial charge in [-0.05, 0) is 49.4 Å². The van der Waals surface area contributed by atoms with E-state index in [-0.39, 0.29) is 11.4 Å². The summed E-state index contributed by atoms with van der Waals surface area (Å²) < 4.78 is 19.8. The van der Waals surface area contributed by atoms with Crippen LogP contribution in [0, 0.1) is 18.7 Å². The minimum Gasteiger partial charge on any atom is -0.455 e. The van der Waals surface area contributed by atoms with Crippen molar-refractivity contribution in [3.8, 4) is 0 Å². The molecule has 4 aliphatic rings. The van der Waals surface area contributed by atoms with Crippen LogP contribution in [0.3, 0.4) is 0 Å². The molecule has 6 heteroatoms. The standard InChI is InChI=1S/C19H19FN4O/c1-11-14-3-2-13(20)6-12(14)7-16(22-11)23-17-21-9-19(25-17)10-24-5-4-18(24)8-15(18)19/h2-3,6-7,15H,4-5,8-10H2,1H3,(H,21,22,23)/t15?,18?,19-/m0/s1. The first-order chi connectivity index (χ1) is 12.1. The Morgan fingerprint density at radius 1 is 1.36 bits per heavy atom. The molecule has 5 nitrogen and oxygen atoms in total. The number of nitrogens with one attached hydrogen (secondary N) is 1. The number of ether oxygens (including phenoxy) is 1. The van der Waals surface area contributed by atoms with Crippen molar-refractivity contribution in [3.05, 3.63) is 35.8 Å². The molecular formula is C19H19FN4O. The smallest absolute Gasteiger partial charge is 0.291 e. The molecule has 3 atom stereocenters. The molecule has 1 aliphatic carbocycles. The molecule has 6 rings (SSSR count). The zero-order chi connectivity index (χ0) is 16.8. The van der Waals surface area contributed by atoms with Crippen molar-refractivity contribution < 1.29 is 9.13 Å². The molecule has 0 bridgehead atoms. The van der Waals surface area contributed by atoms with Gasteiger partial charge in [-0.15, -0.1) is 0 Å². The molecule has 1 aromatic carbocycles. The molecule has 2 spiro atoms. The van der Waals surface area contributed by atoms with Gasteiger partial charge >= 0.3 is 0 Å². The molecule has 1 saturated carbocycles. The third-order valence-corrected chi connectivity index (χ3v) is 6.59. The highest BCUT2D eigenvalue weighted by Crippen LogP contribution is 2.67. The molecule has 4 heterocycles. The average Bonchev–Trinajstić information content (AvgIpc) is 3.20. The molecule has 2 saturated heterocycles. The number of amidine groups is 1. The fourth-order valence-corrected chi connectivity index (χ4v) is 5.19. The summed E-state index contributed by atoms with van der Waals surface area (Å²) >= 11 is 0. The number of benzene rings is 1. The molecule has 2 aromatic rings. The van der Waals surface area contributed by atoms with Crippen molar-refractivity contribution in [2.24, 2.45) is 10.9 Å². The van der Waals surface area contributed by atoms with Crippen LogP contribution in [0.2, 0.25) is 0 Å². The van der Waals surface area contributed by atoms with Crippen molar-refractivity contribution in [2.75, 3.05) is 25.0 Å². The summed E-state index contributed by atoms with van der Waals surface area (Å²) in [6.07, 6.45) is 2.56. The molecule has 3 aliphatic heterocycles. The van der Waals surface area contributed by atoms with Gasteiger partial charge in [0, 0.05) is 35.6 Å². The third kappa shape index (κ3) is 1.75. The highest BCUT2D eigenvalue weighted by atomic mass is 19.1. The number of rotatable bonds is 1. The highest BCUT2D eigenvalue weighted by Gasteiger charge is 2.77. The average molecular weight is 338 g/mol. The van der Waals surface area contributed by atoms with Crippen LogP contribution in [0.25, 0.3) is 10.8 Å². The van der Waals surface area contributed by atoms with E-state index in [9.17, 15) is 4.39 Å². The number of halogens is 1. The van der Waals surface area contributed by atoms with E-state index >= 15 is 0 Å². The Balaban J connectivity index is 1.26. The molecular weight excluding hydrogens is 319 g/mol. The van der Waals surface area contributed by atoms with Gasteiger partial charge in [0.05, 0.1) is 6.54 Å². The van der Waals surface area contributed by atoms with Crippen molar-refractivity contribution in [1.82, 2.24) is 9.88 Å². The molecule has 1 aromatic heterocycles. The van der Waals surface area contributed by atoms with E-state index in [1.165, 1.54) is 31.5 Å². The fourth-order valence-electron chi connectivity index (χ4n) is 5.19. The summed E-state index contributed by atoms with van der Waals surface area (Å²) in [6.45, 7) is 4.84. The van der Waals surface area contributed by atoms with E-state index in [2.05, 4.69) is 20.2 Å². The number of anilines is 1. The van der Waals surface area contributed by atoms with Crippen LogP contribution in [0.4, 0.5) is 10.2 Å². The van der Waals surface area contributed by atoms with Gasteiger partial charge in [0.1, 0.15) is 17.2 Å². The Kier molecular flexibility index (Phi) is 2.41. The minimum absolute atomic E-state index is 0.142. The maximum atomic E-state index is 13.5. The van der Waals surface area contributed by atoms with Crippen LogP contribution in [0.15, 0.2) is 29.3 Å². The van der Waals surface area contributed by atoms with Crippen LogP contribution in [-0.4, -0.2) is 46.7 Å². The second kappa shape index (κ2) is 4.30. The monoisotopic (exact) mass is 338 g/mol. The second-order valence-corrected chi connectivity index (χ2v) is 7.90. The summed E-state index contributed by atoms with van der Waals surface area (Å²) in [5, 5.41) is 4.99. The van der Waals surface area contributed by atoms with Crippen LogP contribution in [0.1, 0.15) is 18.5 Å². The van der Waals surface area contributed by atoms with E-state index in [1.54, 1.807) is 6.07 Å². The van der Waals surface area contributed by atoms with Crippen LogP contribution in [-0.2, 0) is 4.74 Å². The van der Waals surface area contributed by atoms with Gasteiger partial charge < -0.3 is 4.74 Å². The molecule has 128 valence electrons. The zero-order valence-electron chi connectivity index (χ0n) is 14.1. The van der Waals surface area contributed by atoms with Crippen molar-refractivity contribution in [2.45, 2.75) is 30.9 Å². The fraction of sp³-hybridized carbons (Fsp3) is 0.474. The normalized spacial score (nSPS) is 35.1. The lowest BCUT2D eigenvalue weighted by Gasteiger charge is -2.39. The number of nitrogens with zero attached hydrogens (tertiary/aromatic N) is 3. The second-order valence-electron chi connectivity index (χ2n) is 7.90. The number of hydrogen-bond acceptors (Lipinski definition) is 5. The van der Waals surface area contributed by atoms with Gasteiger partial charge in [-0.25, -0.2) is 14.4 Å². The Labute approximate surface area is 144 Å². The number of pyridine rings is 1. The van der Waals surface area contributed by atoms with E-state index in [1.807, 2.05) is 13.0 Å². The minimum atomic E-state index is -0.244. The summed E-state index contributed by atoms with van der Waals surface area (Å²) in [4.78, 5) is 11.7. The largest absolute Gasteiger partial charge is 0.455 e. The Morgan fingerprint density at radius 2 is 2.28 bits per heavy atom. The highest BCUT2D eigenvalue weighted by molar-refractivity contribution is 5.93. The van der Waals surface area contributed by atoms with E-state index < -0.39 is 0 Å². The lowest BCUT2D eigenvalue weighted by molar-refractivity contribution is 0.0433. The van der Waals surface area contributed by atoms with Gasteiger partial charge in [0.2, 0.25) is 0 Å². The predicted octanol–water partition coefficient (Wildman–Crippen LogP) is 2.70. The number of aliphatic imine (C=N–C) groups is 1. The summed E-state index contributed by atoms with van der Waals surface area (Å²) in [5.74, 6) is 1.03. The molecule has 1 N–H and O–H groups in total. The number of piperidine rings is 1. The quantitative estimate of drug-likeness (QED) is 0.869. The van der Waals surface area contributed by atoms with Gasteiger partial charge in [-0.2, -0.15) is 0 Å². The zero-order valence-corrected chi connectivity index (χ0v) is 14.1. The van der Waals surface area contributed by atoms with Crippen LogP contribution in [0.5, 0.6) is 0 Å². The van der Waals surface area contributed by atoms with Gasteiger partial charge in [0.15, 0.2) is 0 Å². The molecule has 2 unspecified atom stereocenters. The molecule has 3 fully saturated rings. The van der Waals surface area contributed by atoms with Crippen molar-refractivity contribution in [1.29, 1.82) is 0 Å².